The molecule has 0 aromatic rings. The fourth-order valence-corrected chi connectivity index (χ4v) is 2.63. The van der Waals surface area contributed by atoms with Crippen LogP contribution in [-0.2, 0) is 9.31 Å². The quantitative estimate of drug-likeness (QED) is 0.600. The van der Waals surface area contributed by atoms with Crippen LogP contribution in [0.25, 0.3) is 0 Å². The predicted molar refractivity (Wildman–Crippen MR) is 58.3 cm³/mol. The van der Waals surface area contributed by atoms with E-state index in [4.69, 9.17) is 9.31 Å². The molecule has 14 heavy (non-hydrogen) atoms. The third-order valence-electron chi connectivity index (χ3n) is 3.97. The summed E-state index contributed by atoms with van der Waals surface area (Å²) < 4.78 is 12.2. The lowest BCUT2D eigenvalue weighted by Crippen LogP contribution is -2.49. The van der Waals surface area contributed by atoms with E-state index >= 15 is 0 Å². The van der Waals surface area contributed by atoms with E-state index in [1.54, 1.807) is 0 Å². The van der Waals surface area contributed by atoms with Crippen molar-refractivity contribution < 1.29 is 9.31 Å². The SMILES string of the molecule is CC(C)B1O[C@]2(C)CCCC[C@]2(C)O1. The highest BCUT2D eigenvalue weighted by Crippen LogP contribution is 2.48. The molecule has 1 heterocycles. The Kier molecular flexibility index (Phi) is 2.43. The third kappa shape index (κ3) is 1.41. The second-order valence-corrected chi connectivity index (χ2v) is 5.52. The smallest absolute Gasteiger partial charge is 0.403 e. The van der Waals surface area contributed by atoms with E-state index in [0.717, 1.165) is 12.8 Å². The van der Waals surface area contributed by atoms with Gasteiger partial charge in [-0.25, -0.2) is 0 Å². The average molecular weight is 196 g/mol. The normalized spacial score (nSPS) is 43.1. The van der Waals surface area contributed by atoms with Crippen molar-refractivity contribution in [1.82, 2.24) is 0 Å². The zero-order valence-corrected chi connectivity index (χ0v) is 9.80. The highest BCUT2D eigenvalue weighted by Gasteiger charge is 2.57. The van der Waals surface area contributed by atoms with Crippen molar-refractivity contribution in [1.29, 1.82) is 0 Å². The van der Waals surface area contributed by atoms with Crippen LogP contribution in [0.4, 0.5) is 0 Å². The highest BCUT2D eigenvalue weighted by atomic mass is 16.7. The van der Waals surface area contributed by atoms with Gasteiger partial charge in [-0.15, -0.1) is 0 Å². The Morgan fingerprint density at radius 1 is 1.00 bits per heavy atom. The number of hydrogen-bond acceptors (Lipinski definition) is 2. The Hall–Kier alpha value is -0.0151. The van der Waals surface area contributed by atoms with E-state index in [2.05, 4.69) is 27.7 Å². The second kappa shape index (κ2) is 3.24. The third-order valence-corrected chi connectivity index (χ3v) is 3.97. The molecule has 2 rings (SSSR count). The molecule has 1 saturated carbocycles. The Morgan fingerprint density at radius 3 is 1.79 bits per heavy atom. The second-order valence-electron chi connectivity index (χ2n) is 5.52. The van der Waals surface area contributed by atoms with Gasteiger partial charge in [0.2, 0.25) is 0 Å². The van der Waals surface area contributed by atoms with Crippen LogP contribution < -0.4 is 0 Å². The first kappa shape index (κ1) is 10.5. The first-order valence-corrected chi connectivity index (χ1v) is 5.82. The Morgan fingerprint density at radius 2 is 1.43 bits per heavy atom. The molecule has 1 aliphatic carbocycles. The number of fused-ring (bicyclic) bond motifs is 1. The average Bonchev–Trinajstić information content (AvgIpc) is 2.37. The summed E-state index contributed by atoms with van der Waals surface area (Å²) in [5, 5.41) is 0. The summed E-state index contributed by atoms with van der Waals surface area (Å²) in [5.41, 5.74) is -0.0830. The van der Waals surface area contributed by atoms with Crippen molar-refractivity contribution in [2.75, 3.05) is 0 Å². The van der Waals surface area contributed by atoms with Gasteiger partial charge >= 0.3 is 7.12 Å². The van der Waals surface area contributed by atoms with Gasteiger partial charge in [0.25, 0.3) is 0 Å². The first-order valence-electron chi connectivity index (χ1n) is 5.82. The van der Waals surface area contributed by atoms with Crippen LogP contribution >= 0.6 is 0 Å². The van der Waals surface area contributed by atoms with Gasteiger partial charge in [-0.1, -0.05) is 26.7 Å². The van der Waals surface area contributed by atoms with Crippen LogP contribution in [0, 0.1) is 0 Å². The van der Waals surface area contributed by atoms with E-state index in [1.807, 2.05) is 0 Å². The maximum atomic E-state index is 6.10. The molecular weight excluding hydrogens is 175 g/mol. The summed E-state index contributed by atoms with van der Waals surface area (Å²) in [7, 11) is 0.00287. The lowest BCUT2D eigenvalue weighted by atomic mass is 9.74. The molecule has 3 heteroatoms. The van der Waals surface area contributed by atoms with Gasteiger partial charge in [0.15, 0.2) is 0 Å². The topological polar surface area (TPSA) is 18.5 Å². The molecule has 0 unspecified atom stereocenters. The summed E-state index contributed by atoms with van der Waals surface area (Å²) in [6.45, 7) is 8.76. The van der Waals surface area contributed by atoms with E-state index < -0.39 is 0 Å². The van der Waals surface area contributed by atoms with Crippen molar-refractivity contribution in [3.63, 3.8) is 0 Å². The van der Waals surface area contributed by atoms with Gasteiger partial charge in [0, 0.05) is 0 Å². The van der Waals surface area contributed by atoms with Crippen molar-refractivity contribution in [3.8, 4) is 0 Å². The van der Waals surface area contributed by atoms with E-state index in [0.29, 0.717) is 5.82 Å². The van der Waals surface area contributed by atoms with Crippen LogP contribution in [-0.4, -0.2) is 18.3 Å². The summed E-state index contributed by atoms with van der Waals surface area (Å²) in [5.74, 6) is 0.453. The molecule has 2 nitrogen and oxygen atoms in total. The van der Waals surface area contributed by atoms with Crippen LogP contribution in [0.3, 0.4) is 0 Å². The number of rotatable bonds is 1. The summed E-state index contributed by atoms with van der Waals surface area (Å²) in [4.78, 5) is 0. The van der Waals surface area contributed by atoms with Gasteiger partial charge in [-0.2, -0.15) is 0 Å². The molecule has 0 bridgehead atoms. The molecular formula is C11H21BO2. The van der Waals surface area contributed by atoms with Crippen LogP contribution in [0.2, 0.25) is 5.82 Å². The standard InChI is InChI=1S/C11H21BO2/c1-9(2)12-13-10(3)7-5-6-8-11(10,4)14-12/h9H,5-8H2,1-4H3/t10-,11+. The summed E-state index contributed by atoms with van der Waals surface area (Å²) in [6, 6.07) is 0. The first-order chi connectivity index (χ1) is 6.47. The molecule has 2 aliphatic rings. The molecule has 2 atom stereocenters. The fourth-order valence-electron chi connectivity index (χ4n) is 2.63. The van der Waals surface area contributed by atoms with E-state index in [-0.39, 0.29) is 18.3 Å². The molecule has 0 aromatic heterocycles. The van der Waals surface area contributed by atoms with Crippen molar-refractivity contribution in [2.45, 2.75) is 70.4 Å². The number of hydrogen-bond donors (Lipinski definition) is 0. The molecule has 0 amide bonds. The fraction of sp³-hybridized carbons (Fsp3) is 1.00. The van der Waals surface area contributed by atoms with Crippen molar-refractivity contribution in [2.24, 2.45) is 0 Å². The largest absolute Gasteiger partial charge is 0.460 e. The van der Waals surface area contributed by atoms with Gasteiger partial charge in [0.1, 0.15) is 0 Å². The minimum absolute atomic E-state index is 0.00287. The molecule has 0 spiro atoms. The van der Waals surface area contributed by atoms with Gasteiger partial charge in [-0.05, 0) is 32.5 Å². The van der Waals surface area contributed by atoms with Crippen molar-refractivity contribution in [3.05, 3.63) is 0 Å². The zero-order valence-electron chi connectivity index (χ0n) is 9.80. The molecule has 80 valence electrons. The van der Waals surface area contributed by atoms with Gasteiger partial charge in [0.05, 0.1) is 11.2 Å². The van der Waals surface area contributed by atoms with Crippen LogP contribution in [0.5, 0.6) is 0 Å². The Bertz CT molecular complexity index is 211. The molecule has 1 aliphatic heterocycles. The summed E-state index contributed by atoms with van der Waals surface area (Å²) >= 11 is 0. The molecule has 0 aromatic carbocycles. The minimum Gasteiger partial charge on any atom is -0.403 e. The molecule has 0 N–H and O–H groups in total. The maximum Gasteiger partial charge on any atom is 0.460 e. The minimum atomic E-state index is -0.0415. The monoisotopic (exact) mass is 196 g/mol. The van der Waals surface area contributed by atoms with E-state index in [9.17, 15) is 0 Å². The van der Waals surface area contributed by atoms with Crippen LogP contribution in [0.15, 0.2) is 0 Å². The predicted octanol–water partition coefficient (Wildman–Crippen LogP) is 3.02. The van der Waals surface area contributed by atoms with E-state index in [1.165, 1.54) is 12.8 Å². The van der Waals surface area contributed by atoms with Gasteiger partial charge in [-0.3, -0.25) is 0 Å². The molecule has 2 fully saturated rings. The highest BCUT2D eigenvalue weighted by molar-refractivity contribution is 6.47. The molecule has 0 radical (unpaired) electrons. The Labute approximate surface area is 87.5 Å². The zero-order chi connectivity index (χ0) is 10.4. The van der Waals surface area contributed by atoms with Gasteiger partial charge < -0.3 is 9.31 Å². The maximum absolute atomic E-state index is 6.10. The lowest BCUT2D eigenvalue weighted by Gasteiger charge is -2.43. The Balaban J connectivity index is 2.19. The molecule has 1 saturated heterocycles. The lowest BCUT2D eigenvalue weighted by molar-refractivity contribution is -0.0556. The summed E-state index contributed by atoms with van der Waals surface area (Å²) in [6.07, 6.45) is 4.85. The van der Waals surface area contributed by atoms with Crippen LogP contribution in [0.1, 0.15) is 53.4 Å². The van der Waals surface area contributed by atoms with Crippen molar-refractivity contribution >= 4 is 7.12 Å².